The molecule has 1 heterocycles. The molecule has 1 aliphatic heterocycles. The zero-order valence-electron chi connectivity index (χ0n) is 14.3. The summed E-state index contributed by atoms with van der Waals surface area (Å²) in [6.45, 7) is 0. The van der Waals surface area contributed by atoms with Crippen molar-refractivity contribution in [2.45, 2.75) is 57.8 Å². The van der Waals surface area contributed by atoms with E-state index >= 15 is 0 Å². The molecule has 1 aromatic carbocycles. The third kappa shape index (κ3) is 4.00. The second-order valence-corrected chi connectivity index (χ2v) is 7.14. The number of nitrogens with one attached hydrogen (secondary N) is 2. The Kier molecular flexibility index (Phi) is 5.06. The van der Waals surface area contributed by atoms with Gasteiger partial charge in [-0.1, -0.05) is 25.7 Å². The van der Waals surface area contributed by atoms with E-state index in [4.69, 9.17) is 0 Å². The second kappa shape index (κ2) is 7.25. The van der Waals surface area contributed by atoms with E-state index in [2.05, 4.69) is 10.6 Å². The maximum Gasteiger partial charge on any atom is 0.310 e. The van der Waals surface area contributed by atoms with Crippen LogP contribution >= 0.6 is 0 Å². The van der Waals surface area contributed by atoms with E-state index in [0.717, 1.165) is 36.9 Å². The fourth-order valence-electron chi connectivity index (χ4n) is 3.85. The summed E-state index contributed by atoms with van der Waals surface area (Å²) in [4.78, 5) is 35.7. The molecule has 0 atom stereocenters. The Labute approximate surface area is 147 Å². The number of amides is 2. The predicted octanol–water partition coefficient (Wildman–Crippen LogP) is 3.33. The van der Waals surface area contributed by atoms with E-state index in [1.807, 2.05) is 6.07 Å². The van der Waals surface area contributed by atoms with Crippen molar-refractivity contribution in [2.75, 3.05) is 10.6 Å². The van der Waals surface area contributed by atoms with E-state index in [9.17, 15) is 19.5 Å². The van der Waals surface area contributed by atoms with E-state index in [1.54, 1.807) is 12.1 Å². The zero-order valence-corrected chi connectivity index (χ0v) is 14.3. The van der Waals surface area contributed by atoms with Gasteiger partial charge < -0.3 is 15.7 Å². The van der Waals surface area contributed by atoms with Gasteiger partial charge in [0.15, 0.2) is 0 Å². The van der Waals surface area contributed by atoms with Gasteiger partial charge in [0.25, 0.3) is 0 Å². The largest absolute Gasteiger partial charge is 0.481 e. The van der Waals surface area contributed by atoms with Gasteiger partial charge in [0.1, 0.15) is 0 Å². The van der Waals surface area contributed by atoms with Gasteiger partial charge >= 0.3 is 5.97 Å². The Bertz CT molecular complexity index is 691. The quantitative estimate of drug-likeness (QED) is 0.730. The van der Waals surface area contributed by atoms with Crippen molar-refractivity contribution in [3.05, 3.63) is 23.8 Å². The van der Waals surface area contributed by atoms with Crippen LogP contribution in [-0.4, -0.2) is 22.9 Å². The first kappa shape index (κ1) is 17.5. The molecule has 1 saturated carbocycles. The first-order valence-electron chi connectivity index (χ1n) is 8.95. The summed E-state index contributed by atoms with van der Waals surface area (Å²) < 4.78 is 0. The Hall–Kier alpha value is -2.37. The fourth-order valence-corrected chi connectivity index (χ4v) is 3.85. The van der Waals surface area contributed by atoms with Crippen molar-refractivity contribution >= 4 is 29.2 Å². The first-order chi connectivity index (χ1) is 12.0. The molecular weight excluding hydrogens is 320 g/mol. The van der Waals surface area contributed by atoms with Crippen molar-refractivity contribution in [3.63, 3.8) is 0 Å². The average Bonchev–Trinajstić information content (AvgIpc) is 2.81. The smallest absolute Gasteiger partial charge is 0.310 e. The standard InChI is InChI=1S/C19H24N2O4/c22-16-8-5-13-11-14(6-7-15(13)21-16)20-17(23)12-19(18(24)25)9-3-1-2-4-10-19/h6-7,11H,1-5,8-10,12H2,(H,20,23)(H,21,22)(H,24,25). The van der Waals surface area contributed by atoms with E-state index < -0.39 is 11.4 Å². The van der Waals surface area contributed by atoms with Crippen molar-refractivity contribution < 1.29 is 19.5 Å². The van der Waals surface area contributed by atoms with Crippen LogP contribution in [0, 0.1) is 5.41 Å². The van der Waals surface area contributed by atoms with Crippen LogP contribution in [0.15, 0.2) is 18.2 Å². The number of fused-ring (bicyclic) bond motifs is 1. The van der Waals surface area contributed by atoms with Crippen molar-refractivity contribution in [3.8, 4) is 0 Å². The molecule has 3 N–H and O–H groups in total. The number of aryl methyl sites for hydroxylation is 1. The molecule has 2 aliphatic rings. The zero-order chi connectivity index (χ0) is 17.9. The highest BCUT2D eigenvalue weighted by atomic mass is 16.4. The molecule has 0 saturated heterocycles. The summed E-state index contributed by atoms with van der Waals surface area (Å²) in [7, 11) is 0. The molecule has 3 rings (SSSR count). The number of benzene rings is 1. The van der Waals surface area contributed by atoms with Gasteiger partial charge in [-0.15, -0.1) is 0 Å². The lowest BCUT2D eigenvalue weighted by Gasteiger charge is -2.27. The van der Waals surface area contributed by atoms with Crippen molar-refractivity contribution in [1.29, 1.82) is 0 Å². The maximum absolute atomic E-state index is 12.5. The highest BCUT2D eigenvalue weighted by Gasteiger charge is 2.40. The molecular formula is C19H24N2O4. The molecule has 0 spiro atoms. The summed E-state index contributed by atoms with van der Waals surface area (Å²) in [5.41, 5.74) is 1.47. The maximum atomic E-state index is 12.5. The van der Waals surface area contributed by atoms with Crippen molar-refractivity contribution in [1.82, 2.24) is 0 Å². The molecule has 134 valence electrons. The lowest BCUT2D eigenvalue weighted by atomic mass is 9.77. The molecule has 6 nitrogen and oxygen atoms in total. The Balaban J connectivity index is 1.69. The molecule has 6 heteroatoms. The number of carboxylic acid groups (broad SMARTS) is 1. The van der Waals surface area contributed by atoms with E-state index in [1.165, 1.54) is 0 Å². The normalized spacial score (nSPS) is 19.3. The molecule has 1 fully saturated rings. The van der Waals surface area contributed by atoms with Gasteiger partial charge in [-0.25, -0.2) is 0 Å². The molecule has 0 aromatic heterocycles. The fraction of sp³-hybridized carbons (Fsp3) is 0.526. The van der Waals surface area contributed by atoms with Crippen LogP contribution in [0.3, 0.4) is 0 Å². The van der Waals surface area contributed by atoms with Crippen LogP contribution in [-0.2, 0) is 20.8 Å². The van der Waals surface area contributed by atoms with Crippen LogP contribution in [0.1, 0.15) is 56.9 Å². The number of anilines is 2. The topological polar surface area (TPSA) is 95.5 Å². The Morgan fingerprint density at radius 3 is 2.52 bits per heavy atom. The van der Waals surface area contributed by atoms with Gasteiger partial charge in [0, 0.05) is 24.2 Å². The van der Waals surface area contributed by atoms with Gasteiger partial charge in [0.05, 0.1) is 5.41 Å². The minimum Gasteiger partial charge on any atom is -0.481 e. The Morgan fingerprint density at radius 1 is 1.12 bits per heavy atom. The molecule has 0 radical (unpaired) electrons. The summed E-state index contributed by atoms with van der Waals surface area (Å²) in [5.74, 6) is -1.12. The SMILES string of the molecule is O=C(CC1(C(=O)O)CCCCCC1)Nc1ccc2c(c1)CCC(=O)N2. The predicted molar refractivity (Wildman–Crippen MR) is 94.4 cm³/mol. The Morgan fingerprint density at radius 2 is 1.84 bits per heavy atom. The van der Waals surface area contributed by atoms with Gasteiger partial charge in [-0.3, -0.25) is 14.4 Å². The number of rotatable bonds is 4. The highest BCUT2D eigenvalue weighted by molar-refractivity contribution is 5.96. The van der Waals surface area contributed by atoms with E-state index in [0.29, 0.717) is 31.4 Å². The third-order valence-corrected chi connectivity index (χ3v) is 5.30. The lowest BCUT2D eigenvalue weighted by Crippen LogP contribution is -2.35. The molecule has 0 bridgehead atoms. The highest BCUT2D eigenvalue weighted by Crippen LogP contribution is 2.39. The monoisotopic (exact) mass is 344 g/mol. The molecule has 1 aliphatic carbocycles. The van der Waals surface area contributed by atoms with Crippen LogP contribution < -0.4 is 10.6 Å². The summed E-state index contributed by atoms with van der Waals surface area (Å²) in [5, 5.41) is 15.3. The minimum atomic E-state index is -0.942. The number of carboxylic acids is 1. The van der Waals surface area contributed by atoms with Crippen molar-refractivity contribution in [2.24, 2.45) is 5.41 Å². The van der Waals surface area contributed by atoms with Gasteiger partial charge in [-0.05, 0) is 43.0 Å². The van der Waals surface area contributed by atoms with Gasteiger partial charge in [-0.2, -0.15) is 0 Å². The molecule has 2 amide bonds. The third-order valence-electron chi connectivity index (χ3n) is 5.30. The second-order valence-electron chi connectivity index (χ2n) is 7.14. The number of hydrogen-bond acceptors (Lipinski definition) is 3. The van der Waals surface area contributed by atoms with Crippen LogP contribution in [0.4, 0.5) is 11.4 Å². The number of carbonyl (C=O) groups excluding carboxylic acids is 2. The number of aliphatic carboxylic acids is 1. The number of hydrogen-bond donors (Lipinski definition) is 3. The molecule has 1 aromatic rings. The summed E-state index contributed by atoms with van der Waals surface area (Å²) >= 11 is 0. The average molecular weight is 344 g/mol. The van der Waals surface area contributed by atoms with Gasteiger partial charge in [0.2, 0.25) is 11.8 Å². The van der Waals surface area contributed by atoms with E-state index in [-0.39, 0.29) is 18.2 Å². The lowest BCUT2D eigenvalue weighted by molar-refractivity contribution is -0.152. The number of carbonyl (C=O) groups is 3. The van der Waals surface area contributed by atoms with Crippen LogP contribution in [0.5, 0.6) is 0 Å². The first-order valence-corrected chi connectivity index (χ1v) is 8.95. The molecule has 0 unspecified atom stereocenters. The van der Waals surface area contributed by atoms with Crippen LogP contribution in [0.25, 0.3) is 0 Å². The summed E-state index contributed by atoms with van der Waals surface area (Å²) in [6.07, 6.45) is 6.00. The van der Waals surface area contributed by atoms with Crippen LogP contribution in [0.2, 0.25) is 0 Å². The minimum absolute atomic E-state index is 0.000971. The summed E-state index contributed by atoms with van der Waals surface area (Å²) in [6, 6.07) is 5.37. The molecule has 25 heavy (non-hydrogen) atoms.